The first-order chi connectivity index (χ1) is 12.8. The molecule has 2 saturated heterocycles. The summed E-state index contributed by atoms with van der Waals surface area (Å²) in [6, 6.07) is 0.514. The molecule has 2 heterocycles. The predicted octanol–water partition coefficient (Wildman–Crippen LogP) is 2.42. The van der Waals surface area contributed by atoms with Crippen molar-refractivity contribution in [2.75, 3.05) is 46.5 Å². The molecule has 3 N–H and O–H groups in total. The summed E-state index contributed by atoms with van der Waals surface area (Å²) in [7, 11) is 1.62. The molecule has 0 bridgehead atoms. The lowest BCUT2D eigenvalue weighted by atomic mass is 10.1. The molecule has 2 aliphatic rings. The molecule has 2 unspecified atom stereocenters. The zero-order chi connectivity index (χ0) is 20.7. The summed E-state index contributed by atoms with van der Waals surface area (Å²) in [6.07, 6.45) is 5.17. The van der Waals surface area contributed by atoms with E-state index in [-0.39, 0.29) is 17.8 Å². The van der Waals surface area contributed by atoms with Gasteiger partial charge in [0.2, 0.25) is 0 Å². The molecule has 2 aliphatic heterocycles. The molecular weight excluding hydrogens is 344 g/mol. The first kappa shape index (κ1) is 26.8. The Kier molecular flexibility index (Phi) is 15.5. The maximum Gasteiger partial charge on any atom is 0.0900 e. The van der Waals surface area contributed by atoms with Gasteiger partial charge in [0.05, 0.1) is 31.0 Å². The molecule has 0 aromatic carbocycles. The number of aliphatic hydroxyl groups is 2. The number of likely N-dealkylation sites (tertiary alicyclic amines) is 1. The summed E-state index contributed by atoms with van der Waals surface area (Å²) < 4.78 is 10.4. The standard InChI is InChI=1S/C11H23NO2.C8H17NO2.C2H6/c1-11(2,3)14-9-10(13)8-12-6-4-5-7-12;1-11-6-8(10)5-7-3-2-4-9-7;1-2/h10,13H,4-9H2,1-3H3;7-10H,2-6H2,1H3;1-2H3/t10-;;/m0../s1. The van der Waals surface area contributed by atoms with Crippen molar-refractivity contribution < 1.29 is 19.7 Å². The molecule has 2 rings (SSSR count). The second-order valence-corrected chi connectivity index (χ2v) is 8.22. The molecule has 27 heavy (non-hydrogen) atoms. The summed E-state index contributed by atoms with van der Waals surface area (Å²) in [5.41, 5.74) is -0.147. The smallest absolute Gasteiger partial charge is 0.0900 e. The number of nitrogens with one attached hydrogen (secondary N) is 1. The third-order valence-electron chi connectivity index (χ3n) is 4.45. The van der Waals surface area contributed by atoms with Gasteiger partial charge in [-0.2, -0.15) is 0 Å². The van der Waals surface area contributed by atoms with Crippen molar-refractivity contribution in [1.29, 1.82) is 0 Å². The van der Waals surface area contributed by atoms with Crippen LogP contribution in [0.5, 0.6) is 0 Å². The third-order valence-corrected chi connectivity index (χ3v) is 4.45. The Hall–Kier alpha value is -0.240. The minimum absolute atomic E-state index is 0.147. The van der Waals surface area contributed by atoms with Gasteiger partial charge in [0.15, 0.2) is 0 Å². The van der Waals surface area contributed by atoms with E-state index in [2.05, 4.69) is 10.2 Å². The molecule has 3 atom stereocenters. The average molecular weight is 391 g/mol. The minimum atomic E-state index is -0.340. The molecular formula is C21H46N2O4. The summed E-state index contributed by atoms with van der Waals surface area (Å²) in [4.78, 5) is 2.30. The van der Waals surface area contributed by atoms with Gasteiger partial charge < -0.3 is 29.9 Å². The summed E-state index contributed by atoms with van der Waals surface area (Å²) in [5.74, 6) is 0. The van der Waals surface area contributed by atoms with Gasteiger partial charge >= 0.3 is 0 Å². The highest BCUT2D eigenvalue weighted by Gasteiger charge is 2.18. The molecule has 0 amide bonds. The van der Waals surface area contributed by atoms with E-state index in [1.807, 2.05) is 34.6 Å². The maximum absolute atomic E-state index is 9.71. The number of nitrogens with zero attached hydrogens (tertiary/aromatic N) is 1. The minimum Gasteiger partial charge on any atom is -0.391 e. The largest absolute Gasteiger partial charge is 0.391 e. The van der Waals surface area contributed by atoms with Crippen LogP contribution in [0.3, 0.4) is 0 Å². The lowest BCUT2D eigenvalue weighted by Crippen LogP contribution is -2.35. The van der Waals surface area contributed by atoms with E-state index < -0.39 is 0 Å². The molecule has 164 valence electrons. The highest BCUT2D eigenvalue weighted by molar-refractivity contribution is 4.76. The normalized spacial score (nSPS) is 22.4. The Morgan fingerprint density at radius 1 is 1.04 bits per heavy atom. The number of aliphatic hydroxyl groups excluding tert-OH is 2. The highest BCUT2D eigenvalue weighted by Crippen LogP contribution is 2.11. The second-order valence-electron chi connectivity index (χ2n) is 8.22. The van der Waals surface area contributed by atoms with Gasteiger partial charge in [0.1, 0.15) is 0 Å². The molecule has 0 aliphatic carbocycles. The van der Waals surface area contributed by atoms with Crippen molar-refractivity contribution in [3.05, 3.63) is 0 Å². The van der Waals surface area contributed by atoms with Crippen molar-refractivity contribution in [3.63, 3.8) is 0 Å². The number of methoxy groups -OCH3 is 1. The van der Waals surface area contributed by atoms with E-state index in [0.717, 1.165) is 32.6 Å². The molecule has 2 fully saturated rings. The topological polar surface area (TPSA) is 74.2 Å². The van der Waals surface area contributed by atoms with Gasteiger partial charge in [-0.05, 0) is 72.5 Å². The molecule has 6 nitrogen and oxygen atoms in total. The fourth-order valence-corrected chi connectivity index (χ4v) is 3.21. The van der Waals surface area contributed by atoms with Crippen LogP contribution in [0.15, 0.2) is 0 Å². The SMILES string of the molecule is CC.CC(C)(C)OC[C@@H](O)CN1CCCC1.COCC(O)CC1CCCN1. The van der Waals surface area contributed by atoms with Crippen LogP contribution in [0.2, 0.25) is 0 Å². The fourth-order valence-electron chi connectivity index (χ4n) is 3.21. The van der Waals surface area contributed by atoms with E-state index in [4.69, 9.17) is 9.47 Å². The number of β-amino-alcohol motifs (C(OH)–C–C–N with tert-alkyl or cyclic N) is 1. The van der Waals surface area contributed by atoms with Crippen LogP contribution in [0.25, 0.3) is 0 Å². The Balaban J connectivity index is 0.000000469. The molecule has 0 aromatic heterocycles. The first-order valence-electron chi connectivity index (χ1n) is 10.7. The van der Waals surface area contributed by atoms with E-state index in [1.165, 1.54) is 25.7 Å². The molecule has 0 saturated carbocycles. The monoisotopic (exact) mass is 390 g/mol. The van der Waals surface area contributed by atoms with Crippen molar-refractivity contribution in [1.82, 2.24) is 10.2 Å². The quantitative estimate of drug-likeness (QED) is 0.591. The van der Waals surface area contributed by atoms with Crippen LogP contribution in [-0.4, -0.2) is 85.5 Å². The zero-order valence-electron chi connectivity index (χ0n) is 18.7. The molecule has 0 spiro atoms. The Labute approximate surface area is 167 Å². The molecule has 0 radical (unpaired) electrons. The summed E-state index contributed by atoms with van der Waals surface area (Å²) in [6.45, 7) is 15.1. The molecule has 0 aromatic rings. The van der Waals surface area contributed by atoms with E-state index in [9.17, 15) is 10.2 Å². The van der Waals surface area contributed by atoms with Crippen molar-refractivity contribution in [3.8, 4) is 0 Å². The van der Waals surface area contributed by atoms with Crippen molar-refractivity contribution in [2.24, 2.45) is 0 Å². The lowest BCUT2D eigenvalue weighted by molar-refractivity contribution is -0.0547. The average Bonchev–Trinajstić information content (AvgIpc) is 3.29. The Bertz CT molecular complexity index is 325. The van der Waals surface area contributed by atoms with Gasteiger partial charge in [-0.15, -0.1) is 0 Å². The zero-order valence-corrected chi connectivity index (χ0v) is 18.7. The number of hydrogen-bond acceptors (Lipinski definition) is 6. The Morgan fingerprint density at radius 3 is 2.15 bits per heavy atom. The number of ether oxygens (including phenoxy) is 2. The van der Waals surface area contributed by atoms with Gasteiger partial charge in [0, 0.05) is 19.7 Å². The number of rotatable bonds is 8. The van der Waals surface area contributed by atoms with Crippen LogP contribution in [0, 0.1) is 0 Å². The number of hydrogen-bond donors (Lipinski definition) is 3. The van der Waals surface area contributed by atoms with E-state index >= 15 is 0 Å². The third kappa shape index (κ3) is 15.4. The van der Waals surface area contributed by atoms with Crippen LogP contribution < -0.4 is 5.32 Å². The predicted molar refractivity (Wildman–Crippen MR) is 112 cm³/mol. The van der Waals surface area contributed by atoms with Gasteiger partial charge in [-0.25, -0.2) is 0 Å². The van der Waals surface area contributed by atoms with Crippen LogP contribution in [-0.2, 0) is 9.47 Å². The van der Waals surface area contributed by atoms with Crippen LogP contribution in [0.4, 0.5) is 0 Å². The lowest BCUT2D eigenvalue weighted by Gasteiger charge is -2.24. The van der Waals surface area contributed by atoms with Crippen molar-refractivity contribution in [2.45, 2.75) is 90.6 Å². The van der Waals surface area contributed by atoms with E-state index in [1.54, 1.807) is 7.11 Å². The van der Waals surface area contributed by atoms with Crippen LogP contribution in [0.1, 0.15) is 66.7 Å². The Morgan fingerprint density at radius 2 is 1.67 bits per heavy atom. The molecule has 6 heteroatoms. The van der Waals surface area contributed by atoms with Crippen molar-refractivity contribution >= 4 is 0 Å². The first-order valence-corrected chi connectivity index (χ1v) is 10.7. The highest BCUT2D eigenvalue weighted by atomic mass is 16.5. The summed E-state index contributed by atoms with van der Waals surface area (Å²) >= 11 is 0. The van der Waals surface area contributed by atoms with Gasteiger partial charge in [0.25, 0.3) is 0 Å². The fraction of sp³-hybridized carbons (Fsp3) is 1.00. The van der Waals surface area contributed by atoms with Crippen LogP contribution >= 0.6 is 0 Å². The summed E-state index contributed by atoms with van der Waals surface area (Å²) in [5, 5.41) is 22.4. The second kappa shape index (κ2) is 15.7. The van der Waals surface area contributed by atoms with E-state index in [0.29, 0.717) is 19.3 Å². The van der Waals surface area contributed by atoms with Gasteiger partial charge in [-0.3, -0.25) is 0 Å². The van der Waals surface area contributed by atoms with Gasteiger partial charge in [-0.1, -0.05) is 13.8 Å². The maximum atomic E-state index is 9.71.